The number of hydrogen-bond donors (Lipinski definition) is 2. The molecule has 0 radical (unpaired) electrons. The van der Waals surface area contributed by atoms with Crippen LogP contribution in [-0.2, 0) is 14.3 Å². The number of amides is 1. The van der Waals surface area contributed by atoms with E-state index in [1.54, 1.807) is 19.1 Å². The first-order valence-corrected chi connectivity index (χ1v) is 6.39. The van der Waals surface area contributed by atoms with Crippen molar-refractivity contribution < 1.29 is 24.2 Å². The van der Waals surface area contributed by atoms with Gasteiger partial charge in [-0.05, 0) is 38.5 Å². The lowest BCUT2D eigenvalue weighted by molar-refractivity contribution is -0.148. The Labute approximate surface area is 123 Å². The number of aryl methyl sites for hydroxylation is 1. The van der Waals surface area contributed by atoms with E-state index in [9.17, 15) is 14.4 Å². The zero-order valence-corrected chi connectivity index (χ0v) is 12.5. The van der Waals surface area contributed by atoms with E-state index in [0.717, 1.165) is 5.56 Å². The zero-order chi connectivity index (χ0) is 16.2. The molecule has 0 atom stereocenters. The summed E-state index contributed by atoms with van der Waals surface area (Å²) in [7, 11) is 1.27. The largest absolute Gasteiger partial charge is 0.481 e. The van der Waals surface area contributed by atoms with Gasteiger partial charge in [-0.1, -0.05) is 6.07 Å². The molecular weight excluding hydrogens is 274 g/mol. The van der Waals surface area contributed by atoms with Gasteiger partial charge in [-0.2, -0.15) is 0 Å². The Morgan fingerprint density at radius 2 is 1.90 bits per heavy atom. The Morgan fingerprint density at radius 3 is 2.43 bits per heavy atom. The standard InChI is InChI=1S/C15H19NO5/c1-9-5-6-10(13(18)21-4)7-11(9)16-12(17)8-15(2,3)14(19)20/h5-7H,8H2,1-4H3,(H,16,17)(H,19,20). The number of nitrogens with one attached hydrogen (secondary N) is 1. The Morgan fingerprint density at radius 1 is 1.29 bits per heavy atom. The summed E-state index contributed by atoms with van der Waals surface area (Å²) in [5.74, 6) is -1.97. The zero-order valence-electron chi connectivity index (χ0n) is 12.5. The van der Waals surface area contributed by atoms with E-state index < -0.39 is 23.3 Å². The Bertz CT molecular complexity index is 577. The van der Waals surface area contributed by atoms with Crippen LogP contribution in [0.2, 0.25) is 0 Å². The van der Waals surface area contributed by atoms with Crippen molar-refractivity contribution in [2.45, 2.75) is 27.2 Å². The molecule has 0 saturated carbocycles. The predicted octanol–water partition coefficient (Wildman–Crippen LogP) is 2.22. The molecule has 1 rings (SSSR count). The van der Waals surface area contributed by atoms with Gasteiger partial charge in [0.1, 0.15) is 0 Å². The molecule has 0 bridgehead atoms. The third-order valence-corrected chi connectivity index (χ3v) is 3.11. The highest BCUT2D eigenvalue weighted by Crippen LogP contribution is 2.23. The molecule has 0 aliphatic carbocycles. The van der Waals surface area contributed by atoms with E-state index in [1.807, 2.05) is 0 Å². The fourth-order valence-corrected chi connectivity index (χ4v) is 1.67. The number of esters is 1. The van der Waals surface area contributed by atoms with Crippen molar-refractivity contribution >= 4 is 23.5 Å². The molecule has 0 unspecified atom stereocenters. The lowest BCUT2D eigenvalue weighted by Gasteiger charge is -2.18. The van der Waals surface area contributed by atoms with Gasteiger partial charge in [0.05, 0.1) is 18.1 Å². The number of hydrogen-bond acceptors (Lipinski definition) is 4. The maximum atomic E-state index is 11.9. The van der Waals surface area contributed by atoms with E-state index in [-0.39, 0.29) is 6.42 Å². The van der Waals surface area contributed by atoms with Crippen molar-refractivity contribution in [3.05, 3.63) is 29.3 Å². The molecular formula is C15H19NO5. The fourth-order valence-electron chi connectivity index (χ4n) is 1.67. The van der Waals surface area contributed by atoms with E-state index in [1.165, 1.54) is 27.0 Å². The first-order valence-electron chi connectivity index (χ1n) is 6.39. The molecule has 0 heterocycles. The highest BCUT2D eigenvalue weighted by atomic mass is 16.5. The van der Waals surface area contributed by atoms with Crippen LogP contribution in [0.3, 0.4) is 0 Å². The number of ether oxygens (including phenoxy) is 1. The van der Waals surface area contributed by atoms with Crippen molar-refractivity contribution in [3.8, 4) is 0 Å². The molecule has 0 saturated heterocycles. The molecule has 0 aliphatic rings. The molecule has 1 aromatic rings. The summed E-state index contributed by atoms with van der Waals surface area (Å²) in [5, 5.41) is 11.6. The van der Waals surface area contributed by atoms with Gasteiger partial charge in [-0.3, -0.25) is 9.59 Å². The number of methoxy groups -OCH3 is 1. The summed E-state index contributed by atoms with van der Waals surface area (Å²) in [6, 6.07) is 4.79. The Kier molecular flexibility index (Phi) is 5.07. The van der Waals surface area contributed by atoms with Crippen LogP contribution in [0.25, 0.3) is 0 Å². The van der Waals surface area contributed by atoms with Crippen LogP contribution in [0.15, 0.2) is 18.2 Å². The summed E-state index contributed by atoms with van der Waals surface area (Å²) >= 11 is 0. The minimum absolute atomic E-state index is 0.162. The Hall–Kier alpha value is -2.37. The minimum atomic E-state index is -1.15. The molecule has 6 heteroatoms. The van der Waals surface area contributed by atoms with Gasteiger partial charge >= 0.3 is 11.9 Å². The molecule has 2 N–H and O–H groups in total. The van der Waals surface area contributed by atoms with E-state index in [2.05, 4.69) is 10.1 Å². The maximum Gasteiger partial charge on any atom is 0.337 e. The first kappa shape index (κ1) is 16.7. The van der Waals surface area contributed by atoms with Crippen LogP contribution in [0.5, 0.6) is 0 Å². The van der Waals surface area contributed by atoms with Gasteiger partial charge in [0.25, 0.3) is 0 Å². The second kappa shape index (κ2) is 6.39. The van der Waals surface area contributed by atoms with Crippen molar-refractivity contribution in [2.24, 2.45) is 5.41 Å². The van der Waals surface area contributed by atoms with E-state index >= 15 is 0 Å². The van der Waals surface area contributed by atoms with Crippen LogP contribution < -0.4 is 5.32 Å². The quantitative estimate of drug-likeness (QED) is 0.812. The van der Waals surface area contributed by atoms with Crippen LogP contribution in [0, 0.1) is 12.3 Å². The number of benzene rings is 1. The topological polar surface area (TPSA) is 92.7 Å². The molecule has 6 nitrogen and oxygen atoms in total. The third-order valence-electron chi connectivity index (χ3n) is 3.11. The van der Waals surface area contributed by atoms with Crippen molar-refractivity contribution in [1.29, 1.82) is 0 Å². The fraction of sp³-hybridized carbons (Fsp3) is 0.400. The molecule has 1 amide bonds. The molecule has 0 spiro atoms. The molecule has 0 aromatic heterocycles. The number of carboxylic acid groups (broad SMARTS) is 1. The minimum Gasteiger partial charge on any atom is -0.481 e. The van der Waals surface area contributed by atoms with Gasteiger partial charge in [-0.15, -0.1) is 0 Å². The number of rotatable bonds is 5. The summed E-state index contributed by atoms with van der Waals surface area (Å²) in [6.07, 6.45) is -0.162. The molecule has 0 aliphatic heterocycles. The van der Waals surface area contributed by atoms with Crippen LogP contribution in [0.1, 0.15) is 36.2 Å². The highest BCUT2D eigenvalue weighted by molar-refractivity contribution is 5.97. The number of carboxylic acids is 1. The lowest BCUT2D eigenvalue weighted by atomic mass is 9.89. The normalized spacial score (nSPS) is 10.9. The highest BCUT2D eigenvalue weighted by Gasteiger charge is 2.30. The first-order chi connectivity index (χ1) is 9.67. The second-order valence-corrected chi connectivity index (χ2v) is 5.44. The van der Waals surface area contributed by atoms with Gasteiger partial charge in [-0.25, -0.2) is 4.79 Å². The maximum absolute atomic E-state index is 11.9. The smallest absolute Gasteiger partial charge is 0.337 e. The van der Waals surface area contributed by atoms with Crippen molar-refractivity contribution in [1.82, 2.24) is 0 Å². The number of carbonyl (C=O) groups excluding carboxylic acids is 2. The van der Waals surface area contributed by atoms with Crippen molar-refractivity contribution in [2.75, 3.05) is 12.4 Å². The molecule has 0 fully saturated rings. The van der Waals surface area contributed by atoms with Crippen LogP contribution in [0.4, 0.5) is 5.69 Å². The molecule has 1 aromatic carbocycles. The average Bonchev–Trinajstić information content (AvgIpc) is 2.39. The number of aliphatic carboxylic acids is 1. The summed E-state index contributed by atoms with van der Waals surface area (Å²) in [6.45, 7) is 4.73. The SMILES string of the molecule is COC(=O)c1ccc(C)c(NC(=O)CC(C)(C)C(=O)O)c1. The van der Waals surface area contributed by atoms with Gasteiger partial charge < -0.3 is 15.2 Å². The van der Waals surface area contributed by atoms with Gasteiger partial charge in [0.2, 0.25) is 5.91 Å². The van der Waals surface area contributed by atoms with E-state index in [4.69, 9.17) is 5.11 Å². The monoisotopic (exact) mass is 293 g/mol. The lowest BCUT2D eigenvalue weighted by Crippen LogP contribution is -2.29. The van der Waals surface area contributed by atoms with E-state index in [0.29, 0.717) is 11.3 Å². The van der Waals surface area contributed by atoms with Crippen LogP contribution in [-0.4, -0.2) is 30.1 Å². The third kappa shape index (κ3) is 4.30. The summed E-state index contributed by atoms with van der Waals surface area (Å²) < 4.78 is 4.62. The number of carbonyl (C=O) groups is 3. The molecule has 21 heavy (non-hydrogen) atoms. The second-order valence-electron chi connectivity index (χ2n) is 5.44. The van der Waals surface area contributed by atoms with Gasteiger partial charge in [0, 0.05) is 12.1 Å². The van der Waals surface area contributed by atoms with Crippen LogP contribution >= 0.6 is 0 Å². The Balaban J connectivity index is 2.90. The summed E-state index contributed by atoms with van der Waals surface area (Å²) in [5.41, 5.74) is 0.391. The van der Waals surface area contributed by atoms with Gasteiger partial charge in [0.15, 0.2) is 0 Å². The molecule has 114 valence electrons. The summed E-state index contributed by atoms with van der Waals surface area (Å²) in [4.78, 5) is 34.4. The number of anilines is 1. The average molecular weight is 293 g/mol. The van der Waals surface area contributed by atoms with Crippen molar-refractivity contribution in [3.63, 3.8) is 0 Å². The predicted molar refractivity (Wildman–Crippen MR) is 77.2 cm³/mol.